The van der Waals surface area contributed by atoms with Gasteiger partial charge in [0.05, 0.1) is 10.2 Å². The highest BCUT2D eigenvalue weighted by Crippen LogP contribution is 2.33. The summed E-state index contributed by atoms with van der Waals surface area (Å²) in [5, 5.41) is 11.5. The molecule has 1 fully saturated rings. The number of rotatable bonds is 3. The van der Waals surface area contributed by atoms with Gasteiger partial charge in [-0.2, -0.15) is 0 Å². The third-order valence-electron chi connectivity index (χ3n) is 3.45. The zero-order valence-electron chi connectivity index (χ0n) is 10.0. The fourth-order valence-corrected chi connectivity index (χ4v) is 2.57. The molecule has 0 unspecified atom stereocenters. The largest absolute Gasteiger partial charge is 0.409 e. The molecule has 3 N–H and O–H groups in total. The third-order valence-corrected chi connectivity index (χ3v) is 4.22. The number of halogens is 2. The van der Waals surface area contributed by atoms with E-state index in [0.29, 0.717) is 17.3 Å². The Morgan fingerprint density at radius 1 is 1.56 bits per heavy atom. The van der Waals surface area contributed by atoms with Crippen LogP contribution in [0.25, 0.3) is 0 Å². The lowest BCUT2D eigenvalue weighted by molar-refractivity contribution is 0.318. The minimum absolute atomic E-state index is 0.112. The fourth-order valence-electron chi connectivity index (χ4n) is 2.03. The number of nitrogens with two attached hydrogens (primary N) is 1. The van der Waals surface area contributed by atoms with Crippen molar-refractivity contribution in [1.29, 1.82) is 0 Å². The monoisotopic (exact) mass is 315 g/mol. The van der Waals surface area contributed by atoms with Gasteiger partial charge in [-0.05, 0) is 47.3 Å². The maximum Gasteiger partial charge on any atom is 0.171 e. The first-order valence-corrected chi connectivity index (χ1v) is 6.54. The topological polar surface area (TPSA) is 61.8 Å². The molecule has 1 saturated carbocycles. The van der Waals surface area contributed by atoms with Crippen molar-refractivity contribution in [1.82, 2.24) is 0 Å². The van der Waals surface area contributed by atoms with E-state index in [4.69, 9.17) is 10.9 Å². The van der Waals surface area contributed by atoms with Crippen LogP contribution in [-0.2, 0) is 0 Å². The zero-order chi connectivity index (χ0) is 13.3. The average Bonchev–Trinajstić information content (AvgIpc) is 2.29. The number of benzene rings is 1. The van der Waals surface area contributed by atoms with Gasteiger partial charge in [-0.3, -0.25) is 0 Å². The molecule has 1 aliphatic carbocycles. The summed E-state index contributed by atoms with van der Waals surface area (Å²) in [5.74, 6) is -0.493. The predicted octanol–water partition coefficient (Wildman–Crippen LogP) is 2.67. The van der Waals surface area contributed by atoms with Crippen LogP contribution in [0.5, 0.6) is 0 Å². The Labute approximate surface area is 113 Å². The summed E-state index contributed by atoms with van der Waals surface area (Å²) >= 11 is 3.16. The third kappa shape index (κ3) is 2.16. The van der Waals surface area contributed by atoms with Crippen LogP contribution in [0, 0.1) is 5.82 Å². The van der Waals surface area contributed by atoms with Crippen molar-refractivity contribution in [3.05, 3.63) is 28.0 Å². The Hall–Kier alpha value is -1.30. The molecule has 0 aliphatic heterocycles. The van der Waals surface area contributed by atoms with E-state index in [1.807, 2.05) is 11.9 Å². The van der Waals surface area contributed by atoms with Crippen LogP contribution >= 0.6 is 15.9 Å². The lowest BCUT2D eigenvalue weighted by Gasteiger charge is -2.36. The molecule has 4 nitrogen and oxygen atoms in total. The summed E-state index contributed by atoms with van der Waals surface area (Å²) in [6.07, 6.45) is 3.38. The molecule has 0 radical (unpaired) electrons. The number of nitrogens with zero attached hydrogens (tertiary/aromatic N) is 2. The van der Waals surface area contributed by atoms with Crippen LogP contribution < -0.4 is 10.6 Å². The van der Waals surface area contributed by atoms with Gasteiger partial charge in [-0.15, -0.1) is 0 Å². The summed E-state index contributed by atoms with van der Waals surface area (Å²) < 4.78 is 14.5. The molecule has 0 spiro atoms. The Kier molecular flexibility index (Phi) is 3.75. The minimum atomic E-state index is -0.381. The quantitative estimate of drug-likeness (QED) is 0.390. The summed E-state index contributed by atoms with van der Waals surface area (Å²) in [6.45, 7) is 0. The normalized spacial score (nSPS) is 16.5. The van der Waals surface area contributed by atoms with E-state index in [9.17, 15) is 4.39 Å². The number of anilines is 1. The summed E-state index contributed by atoms with van der Waals surface area (Å²) in [4.78, 5) is 1.94. The molecule has 1 aromatic carbocycles. The second kappa shape index (κ2) is 5.14. The number of oxime groups is 1. The van der Waals surface area contributed by atoms with E-state index in [-0.39, 0.29) is 16.1 Å². The van der Waals surface area contributed by atoms with Crippen LogP contribution in [0.1, 0.15) is 24.8 Å². The van der Waals surface area contributed by atoms with Crippen LogP contribution in [0.2, 0.25) is 0 Å². The van der Waals surface area contributed by atoms with Gasteiger partial charge in [0.1, 0.15) is 0 Å². The highest BCUT2D eigenvalue weighted by Gasteiger charge is 2.25. The van der Waals surface area contributed by atoms with Crippen molar-refractivity contribution in [2.45, 2.75) is 25.3 Å². The van der Waals surface area contributed by atoms with Crippen molar-refractivity contribution in [3.63, 3.8) is 0 Å². The Balaban J connectivity index is 2.36. The second-order valence-electron chi connectivity index (χ2n) is 4.44. The molecule has 0 amide bonds. The molecule has 0 bridgehead atoms. The van der Waals surface area contributed by atoms with E-state index >= 15 is 0 Å². The van der Waals surface area contributed by atoms with Gasteiger partial charge in [-0.25, -0.2) is 4.39 Å². The van der Waals surface area contributed by atoms with Gasteiger partial charge in [0.25, 0.3) is 0 Å². The molecular formula is C12H15BrFN3O. The van der Waals surface area contributed by atoms with E-state index in [1.54, 1.807) is 12.1 Å². The van der Waals surface area contributed by atoms with E-state index < -0.39 is 0 Å². The molecule has 18 heavy (non-hydrogen) atoms. The van der Waals surface area contributed by atoms with Crippen molar-refractivity contribution in [3.8, 4) is 0 Å². The van der Waals surface area contributed by atoms with Crippen molar-refractivity contribution < 1.29 is 9.60 Å². The summed E-state index contributed by atoms with van der Waals surface area (Å²) in [6, 6.07) is 3.71. The number of hydrogen-bond acceptors (Lipinski definition) is 3. The Morgan fingerprint density at radius 2 is 2.22 bits per heavy atom. The van der Waals surface area contributed by atoms with Crippen molar-refractivity contribution >= 4 is 27.5 Å². The van der Waals surface area contributed by atoms with Gasteiger partial charge in [-0.1, -0.05) is 5.16 Å². The van der Waals surface area contributed by atoms with Gasteiger partial charge < -0.3 is 15.8 Å². The first-order valence-electron chi connectivity index (χ1n) is 5.75. The summed E-state index contributed by atoms with van der Waals surface area (Å²) in [7, 11) is 1.89. The molecule has 0 saturated heterocycles. The molecule has 2 rings (SSSR count). The van der Waals surface area contributed by atoms with Crippen LogP contribution in [0.4, 0.5) is 10.1 Å². The van der Waals surface area contributed by atoms with Crippen LogP contribution in [-0.4, -0.2) is 24.1 Å². The Morgan fingerprint density at radius 3 is 2.72 bits per heavy atom. The highest BCUT2D eigenvalue weighted by atomic mass is 79.9. The highest BCUT2D eigenvalue weighted by molar-refractivity contribution is 9.10. The van der Waals surface area contributed by atoms with Gasteiger partial charge >= 0.3 is 0 Å². The van der Waals surface area contributed by atoms with Crippen molar-refractivity contribution in [2.75, 3.05) is 11.9 Å². The molecule has 1 aliphatic rings. The van der Waals surface area contributed by atoms with Crippen LogP contribution in [0.15, 0.2) is 21.8 Å². The SMILES string of the molecule is CN(c1ccc(/C(N)=N/O)c(Br)c1F)C1CCC1. The predicted molar refractivity (Wildman–Crippen MR) is 72.7 cm³/mol. The zero-order valence-corrected chi connectivity index (χ0v) is 11.6. The molecule has 6 heteroatoms. The maximum absolute atomic E-state index is 14.2. The lowest BCUT2D eigenvalue weighted by Crippen LogP contribution is -2.37. The lowest BCUT2D eigenvalue weighted by atomic mass is 9.91. The standard InChI is InChI=1S/C12H15BrFN3O/c1-17(7-3-2-4-7)9-6-5-8(12(15)16-18)10(13)11(9)14/h5-7,18H,2-4H2,1H3,(H2,15,16). The average molecular weight is 316 g/mol. The molecule has 0 atom stereocenters. The second-order valence-corrected chi connectivity index (χ2v) is 5.23. The minimum Gasteiger partial charge on any atom is -0.409 e. The molecule has 1 aromatic rings. The maximum atomic E-state index is 14.2. The van der Waals surface area contributed by atoms with Crippen molar-refractivity contribution in [2.24, 2.45) is 10.9 Å². The van der Waals surface area contributed by atoms with Gasteiger partial charge in [0, 0.05) is 18.7 Å². The van der Waals surface area contributed by atoms with E-state index in [1.165, 1.54) is 6.42 Å². The first-order chi connectivity index (χ1) is 8.56. The summed E-state index contributed by atoms with van der Waals surface area (Å²) in [5.41, 5.74) is 6.35. The van der Waals surface area contributed by atoms with Gasteiger partial charge in [0.2, 0.25) is 0 Å². The smallest absolute Gasteiger partial charge is 0.171 e. The number of hydrogen-bond donors (Lipinski definition) is 2. The number of amidine groups is 1. The van der Waals surface area contributed by atoms with Crippen LogP contribution in [0.3, 0.4) is 0 Å². The fraction of sp³-hybridized carbons (Fsp3) is 0.417. The molecular weight excluding hydrogens is 301 g/mol. The van der Waals surface area contributed by atoms with Gasteiger partial charge in [0.15, 0.2) is 11.7 Å². The van der Waals surface area contributed by atoms with E-state index in [2.05, 4.69) is 21.1 Å². The molecule has 98 valence electrons. The first kappa shape index (κ1) is 13.1. The molecule has 0 heterocycles. The van der Waals surface area contributed by atoms with E-state index in [0.717, 1.165) is 12.8 Å². The Bertz CT molecular complexity index is 488. The molecule has 0 aromatic heterocycles.